The summed E-state index contributed by atoms with van der Waals surface area (Å²) in [4.78, 5) is 14.6. The van der Waals surface area contributed by atoms with Crippen LogP contribution < -0.4 is 5.32 Å². The summed E-state index contributed by atoms with van der Waals surface area (Å²) in [6, 6.07) is 19.1. The van der Waals surface area contributed by atoms with Gasteiger partial charge < -0.3 is 15.4 Å². The maximum Gasteiger partial charge on any atom is 0.368 e. The van der Waals surface area contributed by atoms with Crippen LogP contribution >= 0.6 is 0 Å². The molecule has 0 unspecified atom stereocenters. The van der Waals surface area contributed by atoms with Gasteiger partial charge in [-0.15, -0.1) is 0 Å². The molecular formula is C22H16FN7O2. The third-order valence-corrected chi connectivity index (χ3v) is 4.92. The van der Waals surface area contributed by atoms with Gasteiger partial charge in [0.15, 0.2) is 5.82 Å². The van der Waals surface area contributed by atoms with Crippen molar-refractivity contribution in [1.29, 1.82) is 0 Å². The molecule has 3 heterocycles. The molecule has 0 spiro atoms. The fourth-order valence-electron chi connectivity index (χ4n) is 3.37. The van der Waals surface area contributed by atoms with Crippen LogP contribution in [-0.2, 0) is 6.54 Å². The van der Waals surface area contributed by atoms with Gasteiger partial charge in [0.25, 0.3) is 0 Å². The van der Waals surface area contributed by atoms with E-state index in [-0.39, 0.29) is 11.6 Å². The highest BCUT2D eigenvalue weighted by Crippen LogP contribution is 2.25. The van der Waals surface area contributed by atoms with E-state index in [0.29, 0.717) is 23.7 Å². The number of nitro groups is 1. The van der Waals surface area contributed by atoms with Gasteiger partial charge >= 0.3 is 5.82 Å². The summed E-state index contributed by atoms with van der Waals surface area (Å²) in [6.45, 7) is 0.348. The summed E-state index contributed by atoms with van der Waals surface area (Å²) in [5.41, 5.74) is 3.58. The third-order valence-electron chi connectivity index (χ3n) is 4.92. The molecule has 0 aliphatic carbocycles. The number of para-hydroxylation sites is 1. The predicted molar refractivity (Wildman–Crippen MR) is 116 cm³/mol. The van der Waals surface area contributed by atoms with Crippen molar-refractivity contribution in [3.05, 3.63) is 101 Å². The van der Waals surface area contributed by atoms with Crippen molar-refractivity contribution in [2.75, 3.05) is 5.32 Å². The first-order chi connectivity index (χ1) is 15.6. The van der Waals surface area contributed by atoms with Gasteiger partial charge in [-0.2, -0.15) is 5.10 Å². The zero-order chi connectivity index (χ0) is 22.1. The highest BCUT2D eigenvalue weighted by atomic mass is 19.1. The van der Waals surface area contributed by atoms with Crippen LogP contribution in [0, 0.1) is 15.9 Å². The van der Waals surface area contributed by atoms with E-state index in [9.17, 15) is 14.5 Å². The van der Waals surface area contributed by atoms with E-state index < -0.39 is 4.92 Å². The van der Waals surface area contributed by atoms with Gasteiger partial charge in [-0.1, -0.05) is 27.8 Å². The number of hydrogen-bond donors (Lipinski definition) is 1. The quantitative estimate of drug-likeness (QED) is 0.320. The number of nitrogens with zero attached hydrogens (tertiary/aromatic N) is 6. The van der Waals surface area contributed by atoms with Crippen LogP contribution in [0.5, 0.6) is 0 Å². The highest BCUT2D eigenvalue weighted by Gasteiger charge is 2.17. The fraction of sp³-hybridized carbons (Fsp3) is 0.0455. The van der Waals surface area contributed by atoms with Crippen LogP contribution in [0.15, 0.2) is 79.1 Å². The molecule has 2 aromatic carbocycles. The molecule has 1 N–H and O–H groups in total. The molecule has 158 valence electrons. The van der Waals surface area contributed by atoms with E-state index >= 15 is 0 Å². The Labute approximate surface area is 180 Å². The normalized spacial score (nSPS) is 11.0. The van der Waals surface area contributed by atoms with E-state index in [1.807, 2.05) is 36.5 Å². The zero-order valence-electron chi connectivity index (χ0n) is 16.6. The van der Waals surface area contributed by atoms with Crippen molar-refractivity contribution < 1.29 is 9.31 Å². The van der Waals surface area contributed by atoms with Crippen molar-refractivity contribution in [3.63, 3.8) is 0 Å². The smallest absolute Gasteiger partial charge is 0.363 e. The maximum absolute atomic E-state index is 13.4. The lowest BCUT2D eigenvalue weighted by Crippen LogP contribution is -2.05. The van der Waals surface area contributed by atoms with Gasteiger partial charge in [-0.05, 0) is 47.4 Å². The van der Waals surface area contributed by atoms with E-state index in [2.05, 4.69) is 15.4 Å². The Morgan fingerprint density at radius 2 is 1.78 bits per heavy atom. The van der Waals surface area contributed by atoms with Gasteiger partial charge in [0.1, 0.15) is 12.0 Å². The Morgan fingerprint density at radius 3 is 2.53 bits per heavy atom. The number of anilines is 1. The summed E-state index contributed by atoms with van der Waals surface area (Å²) < 4.78 is 16.4. The second-order valence-electron chi connectivity index (χ2n) is 7.01. The average Bonchev–Trinajstić information content (AvgIpc) is 3.43. The molecule has 0 fully saturated rings. The van der Waals surface area contributed by atoms with Crippen LogP contribution in [-0.4, -0.2) is 29.3 Å². The number of benzene rings is 2. The lowest BCUT2D eigenvalue weighted by Gasteiger charge is -2.05. The highest BCUT2D eigenvalue weighted by molar-refractivity contribution is 5.64. The SMILES string of the molecule is O=[N+]([O-])c1cnc2ccc(NCc3cn(-c4ccccc4)nc3-c3ccc(F)cc3)nn12. The van der Waals surface area contributed by atoms with Crippen LogP contribution in [0.1, 0.15) is 5.56 Å². The van der Waals surface area contributed by atoms with Gasteiger partial charge in [0.05, 0.1) is 11.4 Å². The molecule has 0 saturated heterocycles. The first-order valence-electron chi connectivity index (χ1n) is 9.71. The molecule has 0 aliphatic heterocycles. The van der Waals surface area contributed by atoms with Crippen molar-refractivity contribution in [2.45, 2.75) is 6.54 Å². The molecule has 3 aromatic heterocycles. The average molecular weight is 429 g/mol. The van der Waals surface area contributed by atoms with E-state index in [0.717, 1.165) is 16.8 Å². The summed E-state index contributed by atoms with van der Waals surface area (Å²) in [5.74, 6) is -0.0981. The van der Waals surface area contributed by atoms with Crippen molar-refractivity contribution in [2.24, 2.45) is 0 Å². The van der Waals surface area contributed by atoms with Crippen LogP contribution in [0.25, 0.3) is 22.6 Å². The van der Waals surface area contributed by atoms with Crippen LogP contribution in [0.2, 0.25) is 0 Å². The van der Waals surface area contributed by atoms with Gasteiger partial charge in [0.2, 0.25) is 5.65 Å². The Morgan fingerprint density at radius 1 is 1.00 bits per heavy atom. The van der Waals surface area contributed by atoms with Crippen molar-refractivity contribution >= 4 is 17.3 Å². The number of aromatic nitrogens is 5. The molecule has 5 rings (SSSR count). The minimum atomic E-state index is -0.534. The van der Waals surface area contributed by atoms with Gasteiger partial charge in [0, 0.05) is 29.9 Å². The zero-order valence-corrected chi connectivity index (χ0v) is 16.6. The number of halogens is 1. The Kier molecular flexibility index (Phi) is 4.79. The Bertz CT molecular complexity index is 1410. The second kappa shape index (κ2) is 7.91. The standard InChI is InChI=1S/C22H16FN7O2/c23-17-8-6-15(7-9-17)22-16(14-28(27-22)18-4-2-1-3-5-18)12-24-19-10-11-20-25-13-21(30(31)32)29(20)26-19/h1-11,13-14H,12H2,(H,24,26). The molecule has 10 heteroatoms. The molecule has 0 saturated carbocycles. The monoisotopic (exact) mass is 429 g/mol. The minimum absolute atomic E-state index is 0.215. The lowest BCUT2D eigenvalue weighted by atomic mass is 10.1. The molecule has 5 aromatic rings. The lowest BCUT2D eigenvalue weighted by molar-refractivity contribution is -0.391. The topological polar surface area (TPSA) is 103 Å². The number of fused-ring (bicyclic) bond motifs is 1. The van der Waals surface area contributed by atoms with E-state index in [4.69, 9.17) is 5.10 Å². The van der Waals surface area contributed by atoms with E-state index in [1.54, 1.807) is 28.9 Å². The largest absolute Gasteiger partial charge is 0.368 e. The van der Waals surface area contributed by atoms with Gasteiger partial charge in [-0.25, -0.2) is 14.1 Å². The summed E-state index contributed by atoms with van der Waals surface area (Å²) in [7, 11) is 0. The third kappa shape index (κ3) is 3.65. The maximum atomic E-state index is 13.4. The molecule has 0 bridgehead atoms. The second-order valence-corrected chi connectivity index (χ2v) is 7.01. The molecule has 0 amide bonds. The Balaban J connectivity index is 1.49. The molecule has 0 radical (unpaired) electrons. The molecule has 9 nitrogen and oxygen atoms in total. The molecule has 32 heavy (non-hydrogen) atoms. The number of imidazole rings is 1. The molecule has 0 atom stereocenters. The number of hydrogen-bond acceptors (Lipinski definition) is 6. The predicted octanol–water partition coefficient (Wildman–Crippen LogP) is 4.24. The Hall–Kier alpha value is -4.60. The van der Waals surface area contributed by atoms with Gasteiger partial charge in [-0.3, -0.25) is 0 Å². The summed E-state index contributed by atoms with van der Waals surface area (Å²) in [6.07, 6.45) is 3.06. The van der Waals surface area contributed by atoms with Crippen molar-refractivity contribution in [3.8, 4) is 16.9 Å². The van der Waals surface area contributed by atoms with Crippen LogP contribution in [0.4, 0.5) is 16.0 Å². The molecule has 0 aliphatic rings. The first kappa shape index (κ1) is 19.4. The molecular weight excluding hydrogens is 413 g/mol. The summed E-state index contributed by atoms with van der Waals surface area (Å²) in [5, 5.41) is 23.3. The number of rotatable bonds is 6. The minimum Gasteiger partial charge on any atom is -0.363 e. The first-order valence-corrected chi connectivity index (χ1v) is 9.71. The summed E-state index contributed by atoms with van der Waals surface area (Å²) >= 11 is 0. The van der Waals surface area contributed by atoms with E-state index in [1.165, 1.54) is 22.8 Å². The van der Waals surface area contributed by atoms with Crippen molar-refractivity contribution in [1.82, 2.24) is 24.4 Å². The number of nitrogens with one attached hydrogen (secondary N) is 1. The van der Waals surface area contributed by atoms with Crippen LogP contribution in [0.3, 0.4) is 0 Å². The fourth-order valence-corrected chi connectivity index (χ4v) is 3.37.